The van der Waals surface area contributed by atoms with Gasteiger partial charge in [0.05, 0.1) is 4.91 Å². The number of carbonyl (C=O) groups excluding carboxylic acids is 3. The molecule has 0 spiro atoms. The van der Waals surface area contributed by atoms with Crippen molar-refractivity contribution in [3.05, 3.63) is 81.9 Å². The summed E-state index contributed by atoms with van der Waals surface area (Å²) in [5.41, 5.74) is 2.46. The fourth-order valence-electron chi connectivity index (χ4n) is 2.97. The second kappa shape index (κ2) is 8.83. The summed E-state index contributed by atoms with van der Waals surface area (Å²) < 4.78 is 5.77. The van der Waals surface area contributed by atoms with E-state index in [1.54, 1.807) is 36.4 Å². The van der Waals surface area contributed by atoms with Crippen LogP contribution in [0, 0.1) is 6.92 Å². The number of imide groups is 1. The molecule has 1 N–H and O–H groups in total. The number of thioether (sulfide) groups is 1. The Bertz CT molecular complexity index is 1200. The molecule has 156 valence electrons. The summed E-state index contributed by atoms with van der Waals surface area (Å²) in [6, 6.07) is 17.9. The first-order valence-corrected chi connectivity index (χ1v) is 10.6. The molecule has 0 saturated carbocycles. The third-order valence-electron chi connectivity index (χ3n) is 4.52. The minimum Gasteiger partial charge on any atom is -0.457 e. The number of nitrogens with one attached hydrogen (secondary N) is 1. The van der Waals surface area contributed by atoms with Crippen molar-refractivity contribution in [3.63, 3.8) is 0 Å². The molecule has 2 aromatic carbocycles. The molecule has 31 heavy (non-hydrogen) atoms. The van der Waals surface area contributed by atoms with Gasteiger partial charge in [-0.1, -0.05) is 41.4 Å². The van der Waals surface area contributed by atoms with Crippen molar-refractivity contribution in [1.82, 2.24) is 4.90 Å². The lowest BCUT2D eigenvalue weighted by molar-refractivity contribution is -0.127. The van der Waals surface area contributed by atoms with E-state index in [9.17, 15) is 14.4 Å². The maximum Gasteiger partial charge on any atom is 0.294 e. The molecule has 1 aliphatic rings. The Morgan fingerprint density at radius 3 is 2.65 bits per heavy atom. The van der Waals surface area contributed by atoms with E-state index < -0.39 is 17.1 Å². The molecule has 0 aliphatic carbocycles. The molecular weight excluding hydrogens is 436 g/mol. The molecular formula is C23H17ClN2O4S. The Kier molecular flexibility index (Phi) is 5.97. The topological polar surface area (TPSA) is 79.6 Å². The quantitative estimate of drug-likeness (QED) is 0.511. The minimum absolute atomic E-state index is 0.195. The molecule has 0 radical (unpaired) electrons. The second-order valence-electron chi connectivity index (χ2n) is 6.89. The van der Waals surface area contributed by atoms with Crippen LogP contribution in [0.3, 0.4) is 0 Å². The van der Waals surface area contributed by atoms with Gasteiger partial charge >= 0.3 is 0 Å². The zero-order chi connectivity index (χ0) is 22.0. The Balaban J connectivity index is 1.45. The number of anilines is 1. The molecule has 3 amide bonds. The molecule has 3 aromatic rings. The van der Waals surface area contributed by atoms with Crippen molar-refractivity contribution in [1.29, 1.82) is 0 Å². The van der Waals surface area contributed by atoms with Crippen molar-refractivity contribution < 1.29 is 18.8 Å². The van der Waals surface area contributed by atoms with E-state index in [1.807, 2.05) is 31.2 Å². The monoisotopic (exact) mass is 452 g/mol. The van der Waals surface area contributed by atoms with Crippen molar-refractivity contribution in [3.8, 4) is 11.3 Å². The molecule has 1 aliphatic heterocycles. The predicted molar refractivity (Wildman–Crippen MR) is 122 cm³/mol. The highest BCUT2D eigenvalue weighted by Gasteiger charge is 2.36. The molecule has 0 bridgehead atoms. The number of aryl methyl sites for hydroxylation is 1. The van der Waals surface area contributed by atoms with Crippen molar-refractivity contribution in [2.75, 3.05) is 11.9 Å². The van der Waals surface area contributed by atoms with E-state index >= 15 is 0 Å². The van der Waals surface area contributed by atoms with Crippen molar-refractivity contribution >= 4 is 52.2 Å². The molecule has 4 rings (SSSR count). The van der Waals surface area contributed by atoms with Gasteiger partial charge in [-0.15, -0.1) is 0 Å². The lowest BCUT2D eigenvalue weighted by Gasteiger charge is -2.12. The summed E-state index contributed by atoms with van der Waals surface area (Å²) >= 11 is 6.78. The summed E-state index contributed by atoms with van der Waals surface area (Å²) in [4.78, 5) is 38.3. The highest BCUT2D eigenvalue weighted by Crippen LogP contribution is 2.33. The van der Waals surface area contributed by atoms with E-state index in [1.165, 1.54) is 6.08 Å². The van der Waals surface area contributed by atoms with Crippen molar-refractivity contribution in [2.45, 2.75) is 6.92 Å². The van der Waals surface area contributed by atoms with Gasteiger partial charge in [0.15, 0.2) is 0 Å². The van der Waals surface area contributed by atoms with E-state index in [0.717, 1.165) is 27.8 Å². The zero-order valence-electron chi connectivity index (χ0n) is 16.4. The highest BCUT2D eigenvalue weighted by molar-refractivity contribution is 8.18. The molecule has 6 nitrogen and oxygen atoms in total. The van der Waals surface area contributed by atoms with Gasteiger partial charge in [-0.05, 0) is 55.1 Å². The Hall–Kier alpha value is -3.29. The molecule has 0 atom stereocenters. The normalized spacial score (nSPS) is 15.0. The number of benzene rings is 2. The first-order chi connectivity index (χ1) is 14.9. The predicted octanol–water partition coefficient (Wildman–Crippen LogP) is 5.58. The van der Waals surface area contributed by atoms with Crippen molar-refractivity contribution in [2.24, 2.45) is 0 Å². The van der Waals surface area contributed by atoms with Crippen LogP contribution in [-0.2, 0) is 9.59 Å². The van der Waals surface area contributed by atoms with Crippen LogP contribution in [0.15, 0.2) is 70.0 Å². The molecule has 0 unspecified atom stereocenters. The van der Waals surface area contributed by atoms with Gasteiger partial charge in [0.1, 0.15) is 18.1 Å². The van der Waals surface area contributed by atoms with Crippen LogP contribution in [0.2, 0.25) is 5.02 Å². The number of rotatable bonds is 5. The van der Waals surface area contributed by atoms with Gasteiger partial charge in [0, 0.05) is 22.3 Å². The van der Waals surface area contributed by atoms with Gasteiger partial charge in [-0.3, -0.25) is 19.3 Å². The average Bonchev–Trinajstić information content (AvgIpc) is 3.30. The van der Waals surface area contributed by atoms with Crippen LogP contribution in [0.25, 0.3) is 17.4 Å². The third kappa shape index (κ3) is 4.90. The molecule has 1 aromatic heterocycles. The number of furan rings is 1. The fraction of sp³-hybridized carbons (Fsp3) is 0.0870. The van der Waals surface area contributed by atoms with Crippen LogP contribution >= 0.6 is 23.4 Å². The van der Waals surface area contributed by atoms with Gasteiger partial charge < -0.3 is 9.73 Å². The van der Waals surface area contributed by atoms with E-state index in [-0.39, 0.29) is 11.4 Å². The van der Waals surface area contributed by atoms with Crippen LogP contribution in [0.1, 0.15) is 11.3 Å². The number of amides is 3. The maximum absolute atomic E-state index is 12.7. The molecule has 1 saturated heterocycles. The van der Waals surface area contributed by atoms with Crippen LogP contribution in [-0.4, -0.2) is 28.5 Å². The summed E-state index contributed by atoms with van der Waals surface area (Å²) in [6.45, 7) is 1.58. The van der Waals surface area contributed by atoms with E-state index in [2.05, 4.69) is 5.32 Å². The van der Waals surface area contributed by atoms with Gasteiger partial charge in [-0.2, -0.15) is 0 Å². The van der Waals surface area contributed by atoms with Gasteiger partial charge in [0.2, 0.25) is 5.91 Å². The molecule has 2 heterocycles. The largest absolute Gasteiger partial charge is 0.457 e. The molecule has 1 fully saturated rings. The Morgan fingerprint density at radius 2 is 1.90 bits per heavy atom. The van der Waals surface area contributed by atoms with Crippen LogP contribution < -0.4 is 5.32 Å². The number of hydrogen-bond acceptors (Lipinski definition) is 5. The lowest BCUT2D eigenvalue weighted by Crippen LogP contribution is -2.36. The second-order valence-corrected chi connectivity index (χ2v) is 8.32. The summed E-state index contributed by atoms with van der Waals surface area (Å²) in [5, 5.41) is 2.77. The average molecular weight is 453 g/mol. The zero-order valence-corrected chi connectivity index (χ0v) is 18.0. The standard InChI is InChI=1S/C23H17ClN2O4S/c1-14-5-7-17(8-6-14)25-21(27)13-26-22(28)20(31-23(26)29)12-18-9-10-19(30-18)15-3-2-4-16(24)11-15/h2-12H,13H2,1H3,(H,25,27). The third-order valence-corrected chi connectivity index (χ3v) is 5.66. The summed E-state index contributed by atoms with van der Waals surface area (Å²) in [5.74, 6) is 0.0263. The Labute approximate surface area is 187 Å². The van der Waals surface area contributed by atoms with E-state index in [4.69, 9.17) is 16.0 Å². The summed E-state index contributed by atoms with van der Waals surface area (Å²) in [6.07, 6.45) is 1.50. The maximum atomic E-state index is 12.7. The number of carbonyl (C=O) groups is 3. The SMILES string of the molecule is Cc1ccc(NC(=O)CN2C(=O)SC(=Cc3ccc(-c4cccc(Cl)c4)o3)C2=O)cc1. The Morgan fingerprint density at radius 1 is 1.13 bits per heavy atom. The molecule has 8 heteroatoms. The summed E-state index contributed by atoms with van der Waals surface area (Å²) in [7, 11) is 0. The van der Waals surface area contributed by atoms with Crippen LogP contribution in [0.5, 0.6) is 0 Å². The fourth-order valence-corrected chi connectivity index (χ4v) is 3.98. The van der Waals surface area contributed by atoms with Gasteiger partial charge in [-0.25, -0.2) is 0 Å². The first-order valence-electron chi connectivity index (χ1n) is 9.37. The number of hydrogen-bond donors (Lipinski definition) is 1. The number of nitrogens with zero attached hydrogens (tertiary/aromatic N) is 1. The van der Waals surface area contributed by atoms with Gasteiger partial charge in [0.25, 0.3) is 11.1 Å². The van der Waals surface area contributed by atoms with Crippen LogP contribution in [0.4, 0.5) is 10.5 Å². The highest BCUT2D eigenvalue weighted by atomic mass is 35.5. The smallest absolute Gasteiger partial charge is 0.294 e. The lowest BCUT2D eigenvalue weighted by atomic mass is 10.2. The minimum atomic E-state index is -0.533. The van der Waals surface area contributed by atoms with E-state index in [0.29, 0.717) is 22.2 Å². The first kappa shape index (κ1) is 21.0. The number of halogens is 1.